The Morgan fingerprint density at radius 2 is 1.96 bits per heavy atom. The summed E-state index contributed by atoms with van der Waals surface area (Å²) in [6, 6.07) is 5.58. The molecule has 5 nitrogen and oxygen atoms in total. The lowest BCUT2D eigenvalue weighted by atomic mass is 9.74. The van der Waals surface area contributed by atoms with Crippen molar-refractivity contribution in [2.24, 2.45) is 0 Å². The lowest BCUT2D eigenvalue weighted by Gasteiger charge is -2.38. The predicted molar refractivity (Wildman–Crippen MR) is 88.8 cm³/mol. The van der Waals surface area contributed by atoms with Gasteiger partial charge in [-0.15, -0.1) is 0 Å². The third-order valence-electron chi connectivity index (χ3n) is 4.47. The number of fused-ring (bicyclic) bond motifs is 2. The SMILES string of the molecule is CC(C)(C)OC(=O)N1CCC2(CC1)C(=O)Nc1c(Cl)cccc12. The molecule has 0 bridgehead atoms. The molecule has 1 aromatic carbocycles. The second-order valence-corrected chi connectivity index (χ2v) is 7.57. The van der Waals surface area contributed by atoms with Crippen LogP contribution in [0.15, 0.2) is 18.2 Å². The number of ether oxygens (including phenoxy) is 1. The summed E-state index contributed by atoms with van der Waals surface area (Å²) in [6.45, 7) is 6.53. The molecule has 6 heteroatoms. The number of hydrogen-bond donors (Lipinski definition) is 1. The second-order valence-electron chi connectivity index (χ2n) is 7.17. The van der Waals surface area contributed by atoms with Crippen LogP contribution in [0.3, 0.4) is 0 Å². The Hall–Kier alpha value is -1.75. The van der Waals surface area contributed by atoms with Crippen LogP contribution in [0.1, 0.15) is 39.2 Å². The number of nitrogens with one attached hydrogen (secondary N) is 1. The average molecular weight is 337 g/mol. The van der Waals surface area contributed by atoms with E-state index in [2.05, 4.69) is 5.32 Å². The summed E-state index contributed by atoms with van der Waals surface area (Å²) in [4.78, 5) is 26.4. The van der Waals surface area contributed by atoms with Gasteiger partial charge < -0.3 is 15.0 Å². The second kappa shape index (κ2) is 5.41. The number of likely N-dealkylation sites (tertiary alicyclic amines) is 1. The van der Waals surface area contributed by atoms with E-state index < -0.39 is 11.0 Å². The summed E-state index contributed by atoms with van der Waals surface area (Å²) >= 11 is 6.19. The fourth-order valence-electron chi connectivity index (χ4n) is 3.30. The third kappa shape index (κ3) is 2.78. The molecule has 2 amide bonds. The van der Waals surface area contributed by atoms with Gasteiger partial charge in [-0.05, 0) is 45.2 Å². The molecule has 0 atom stereocenters. The summed E-state index contributed by atoms with van der Waals surface area (Å²) in [5, 5.41) is 3.46. The number of carbonyl (C=O) groups excluding carboxylic acids is 2. The van der Waals surface area contributed by atoms with Crippen LogP contribution < -0.4 is 5.32 Å². The van der Waals surface area contributed by atoms with E-state index in [0.29, 0.717) is 36.6 Å². The molecule has 0 saturated carbocycles. The van der Waals surface area contributed by atoms with Crippen molar-refractivity contribution in [2.45, 2.75) is 44.6 Å². The summed E-state index contributed by atoms with van der Waals surface area (Å²) < 4.78 is 5.41. The number of benzene rings is 1. The van der Waals surface area contributed by atoms with Gasteiger partial charge >= 0.3 is 6.09 Å². The molecule has 1 fully saturated rings. The number of carbonyl (C=O) groups is 2. The van der Waals surface area contributed by atoms with Crippen molar-refractivity contribution >= 4 is 29.3 Å². The highest BCUT2D eigenvalue weighted by molar-refractivity contribution is 6.34. The zero-order valence-corrected chi connectivity index (χ0v) is 14.4. The predicted octanol–water partition coefficient (Wildman–Crippen LogP) is 3.56. The van der Waals surface area contributed by atoms with Gasteiger partial charge in [-0.25, -0.2) is 4.79 Å². The normalized spacial score (nSPS) is 19.5. The molecule has 0 unspecified atom stereocenters. The number of hydrogen-bond acceptors (Lipinski definition) is 3. The lowest BCUT2D eigenvalue weighted by molar-refractivity contribution is -0.122. The van der Waals surface area contributed by atoms with Crippen LogP contribution in [-0.2, 0) is 14.9 Å². The Labute approximate surface area is 140 Å². The Balaban J connectivity index is 1.78. The number of anilines is 1. The number of halogens is 1. The first kappa shape index (κ1) is 16.1. The van der Waals surface area contributed by atoms with Crippen LogP contribution >= 0.6 is 11.6 Å². The van der Waals surface area contributed by atoms with E-state index in [1.165, 1.54) is 0 Å². The van der Waals surface area contributed by atoms with E-state index in [-0.39, 0.29) is 12.0 Å². The van der Waals surface area contributed by atoms with E-state index in [9.17, 15) is 9.59 Å². The number of rotatable bonds is 0. The molecular formula is C17H21ClN2O3. The molecule has 23 heavy (non-hydrogen) atoms. The van der Waals surface area contributed by atoms with Crippen LogP contribution in [0, 0.1) is 0 Å². The van der Waals surface area contributed by atoms with Crippen molar-refractivity contribution < 1.29 is 14.3 Å². The highest BCUT2D eigenvalue weighted by atomic mass is 35.5. The third-order valence-corrected chi connectivity index (χ3v) is 4.79. The maximum atomic E-state index is 12.6. The highest BCUT2D eigenvalue weighted by Crippen LogP contribution is 2.47. The first-order valence-corrected chi connectivity index (χ1v) is 8.19. The largest absolute Gasteiger partial charge is 0.444 e. The molecular weight excluding hydrogens is 316 g/mol. The smallest absolute Gasteiger partial charge is 0.410 e. The topological polar surface area (TPSA) is 58.6 Å². The Morgan fingerprint density at radius 3 is 2.57 bits per heavy atom. The molecule has 124 valence electrons. The zero-order chi connectivity index (χ0) is 16.8. The van der Waals surface area contributed by atoms with Gasteiger partial charge in [0.05, 0.1) is 16.1 Å². The van der Waals surface area contributed by atoms with Gasteiger partial charge in [0.25, 0.3) is 0 Å². The number of piperidine rings is 1. The standard InChI is InChI=1S/C17H21ClN2O3/c1-16(2,3)23-15(22)20-9-7-17(8-10-20)11-5-4-6-12(18)13(11)19-14(17)21/h4-6H,7-10H2,1-3H3,(H,19,21). The molecule has 2 aliphatic heterocycles. The number of amides is 2. The Kier molecular flexibility index (Phi) is 3.79. The maximum absolute atomic E-state index is 12.6. The van der Waals surface area contributed by atoms with Gasteiger partial charge in [-0.2, -0.15) is 0 Å². The molecule has 2 aliphatic rings. The molecule has 1 aromatic rings. The zero-order valence-electron chi connectivity index (χ0n) is 13.6. The van der Waals surface area contributed by atoms with Gasteiger partial charge in [0.1, 0.15) is 5.60 Å². The lowest BCUT2D eigenvalue weighted by Crippen LogP contribution is -2.49. The first-order chi connectivity index (χ1) is 10.7. The van der Waals surface area contributed by atoms with Gasteiger partial charge in [-0.1, -0.05) is 23.7 Å². The van der Waals surface area contributed by atoms with Gasteiger partial charge in [0.15, 0.2) is 0 Å². The van der Waals surface area contributed by atoms with Crippen molar-refractivity contribution in [3.63, 3.8) is 0 Å². The summed E-state index contributed by atoms with van der Waals surface area (Å²) in [5.41, 5.74) is 0.555. The van der Waals surface area contributed by atoms with Crippen LogP contribution in [0.5, 0.6) is 0 Å². The molecule has 1 saturated heterocycles. The Bertz CT molecular complexity index is 658. The number of para-hydroxylation sites is 1. The first-order valence-electron chi connectivity index (χ1n) is 7.81. The minimum atomic E-state index is -0.585. The van der Waals surface area contributed by atoms with Crippen molar-refractivity contribution in [2.75, 3.05) is 18.4 Å². The van der Waals surface area contributed by atoms with Gasteiger partial charge in [-0.3, -0.25) is 4.79 Å². The van der Waals surface area contributed by atoms with Crippen LogP contribution in [-0.4, -0.2) is 35.6 Å². The van der Waals surface area contributed by atoms with E-state index in [4.69, 9.17) is 16.3 Å². The molecule has 1 spiro atoms. The fraction of sp³-hybridized carbons (Fsp3) is 0.529. The van der Waals surface area contributed by atoms with Crippen LogP contribution in [0.4, 0.5) is 10.5 Å². The van der Waals surface area contributed by atoms with Crippen molar-refractivity contribution in [3.8, 4) is 0 Å². The van der Waals surface area contributed by atoms with Crippen molar-refractivity contribution in [3.05, 3.63) is 28.8 Å². The molecule has 1 N–H and O–H groups in total. The van der Waals surface area contributed by atoms with Crippen molar-refractivity contribution in [1.82, 2.24) is 4.90 Å². The minimum absolute atomic E-state index is 0.0237. The molecule has 0 radical (unpaired) electrons. The monoisotopic (exact) mass is 336 g/mol. The summed E-state index contributed by atoms with van der Waals surface area (Å²) in [7, 11) is 0. The summed E-state index contributed by atoms with van der Waals surface area (Å²) in [5.74, 6) is -0.0237. The van der Waals surface area contributed by atoms with Gasteiger partial charge in [0.2, 0.25) is 5.91 Å². The molecule has 0 aromatic heterocycles. The quantitative estimate of drug-likeness (QED) is 0.788. The van der Waals surface area contributed by atoms with Gasteiger partial charge in [0, 0.05) is 13.1 Å². The number of nitrogens with zero attached hydrogens (tertiary/aromatic N) is 1. The molecule has 2 heterocycles. The van der Waals surface area contributed by atoms with E-state index >= 15 is 0 Å². The van der Waals surface area contributed by atoms with E-state index in [1.54, 1.807) is 11.0 Å². The molecule has 3 rings (SSSR count). The maximum Gasteiger partial charge on any atom is 0.410 e. The minimum Gasteiger partial charge on any atom is -0.444 e. The van der Waals surface area contributed by atoms with E-state index in [1.807, 2.05) is 32.9 Å². The van der Waals surface area contributed by atoms with E-state index in [0.717, 1.165) is 5.56 Å². The Morgan fingerprint density at radius 1 is 1.30 bits per heavy atom. The average Bonchev–Trinajstić information content (AvgIpc) is 2.73. The van der Waals surface area contributed by atoms with Crippen LogP contribution in [0.25, 0.3) is 0 Å². The molecule has 0 aliphatic carbocycles. The van der Waals surface area contributed by atoms with Crippen molar-refractivity contribution in [1.29, 1.82) is 0 Å². The fourth-order valence-corrected chi connectivity index (χ4v) is 3.52. The highest BCUT2D eigenvalue weighted by Gasteiger charge is 2.49. The summed E-state index contributed by atoms with van der Waals surface area (Å²) in [6.07, 6.45) is 0.827. The van der Waals surface area contributed by atoms with Crippen LogP contribution in [0.2, 0.25) is 5.02 Å².